The number of rotatable bonds is 7. The van der Waals surface area contributed by atoms with Crippen molar-refractivity contribution in [3.8, 4) is 11.5 Å². The minimum absolute atomic E-state index is 0.102. The normalized spacial score (nSPS) is 12.1. The second-order valence-corrected chi connectivity index (χ2v) is 7.25. The Bertz CT molecular complexity index is 809. The molecule has 0 atom stereocenters. The number of carbonyl (C=O) groups is 2. The van der Waals surface area contributed by atoms with Gasteiger partial charge in [0.25, 0.3) is 0 Å². The fraction of sp³-hybridized carbons (Fsp3) is 0.333. The van der Waals surface area contributed by atoms with Crippen LogP contribution in [-0.2, 0) is 4.79 Å². The molecule has 0 unspecified atom stereocenters. The lowest BCUT2D eigenvalue weighted by molar-refractivity contribution is -0.113. The molecule has 10 heteroatoms. The molecule has 0 fully saturated rings. The predicted octanol–water partition coefficient (Wildman–Crippen LogP) is 2.63. The number of fused-ring (bicyclic) bond motifs is 1. The summed E-state index contributed by atoms with van der Waals surface area (Å²) in [6, 6.07) is 3.19. The largest absolute Gasteiger partial charge is 0.454 e. The number of ether oxygens (including phenoxy) is 2. The van der Waals surface area contributed by atoms with Crippen LogP contribution in [0.15, 0.2) is 16.5 Å². The van der Waals surface area contributed by atoms with Crippen LogP contribution >= 0.6 is 23.1 Å². The second kappa shape index (κ2) is 7.70. The van der Waals surface area contributed by atoms with Gasteiger partial charge in [0.1, 0.15) is 0 Å². The first-order chi connectivity index (χ1) is 12.1. The first-order valence-corrected chi connectivity index (χ1v) is 9.31. The molecule has 1 amide bonds. The van der Waals surface area contributed by atoms with Crippen molar-refractivity contribution >= 4 is 45.6 Å². The van der Waals surface area contributed by atoms with E-state index < -0.39 is 0 Å². The summed E-state index contributed by atoms with van der Waals surface area (Å²) in [6.07, 6.45) is 0. The molecule has 1 aromatic heterocycles. The lowest BCUT2D eigenvalue weighted by Crippen LogP contribution is -2.16. The fourth-order valence-corrected chi connectivity index (χ4v) is 3.76. The Balaban J connectivity index is 1.65. The van der Waals surface area contributed by atoms with Crippen molar-refractivity contribution in [3.05, 3.63) is 17.7 Å². The number of Topliss-reactive ketones (excluding diaryl/α,β-unsaturated/α-hetero) is 1. The van der Waals surface area contributed by atoms with E-state index in [2.05, 4.69) is 20.8 Å². The molecule has 1 aromatic carbocycles. The Morgan fingerprint density at radius 1 is 1.28 bits per heavy atom. The molecule has 132 valence electrons. The summed E-state index contributed by atoms with van der Waals surface area (Å²) in [5, 5.41) is 14.5. The maximum absolute atomic E-state index is 12.2. The van der Waals surface area contributed by atoms with E-state index in [0.29, 0.717) is 27.1 Å². The van der Waals surface area contributed by atoms with Gasteiger partial charge in [-0.1, -0.05) is 23.1 Å². The Kier molecular flexibility index (Phi) is 5.39. The molecule has 2 N–H and O–H groups in total. The van der Waals surface area contributed by atoms with Crippen molar-refractivity contribution in [1.29, 1.82) is 0 Å². The van der Waals surface area contributed by atoms with Crippen molar-refractivity contribution in [1.82, 2.24) is 10.2 Å². The predicted molar refractivity (Wildman–Crippen MR) is 96.0 cm³/mol. The number of anilines is 2. The molecule has 0 aliphatic carbocycles. The number of hydrogen-bond donors (Lipinski definition) is 2. The number of ketones is 1. The summed E-state index contributed by atoms with van der Waals surface area (Å²) < 4.78 is 11.3. The van der Waals surface area contributed by atoms with E-state index in [1.807, 2.05) is 6.92 Å². The lowest BCUT2D eigenvalue weighted by atomic mass is 10.1. The number of aromatic nitrogens is 2. The van der Waals surface area contributed by atoms with E-state index in [0.717, 1.165) is 11.7 Å². The van der Waals surface area contributed by atoms with Crippen molar-refractivity contribution in [2.45, 2.75) is 18.2 Å². The molecule has 0 saturated carbocycles. The molecular weight excluding hydrogens is 364 g/mol. The third-order valence-corrected chi connectivity index (χ3v) is 5.24. The van der Waals surface area contributed by atoms with E-state index in [1.165, 1.54) is 30.0 Å². The Labute approximate surface area is 152 Å². The van der Waals surface area contributed by atoms with E-state index >= 15 is 0 Å². The zero-order valence-corrected chi connectivity index (χ0v) is 15.3. The van der Waals surface area contributed by atoms with Crippen LogP contribution in [-0.4, -0.2) is 41.0 Å². The van der Waals surface area contributed by atoms with Gasteiger partial charge in [-0.3, -0.25) is 9.59 Å². The number of nitrogens with one attached hydrogen (secondary N) is 2. The molecule has 1 aliphatic rings. The van der Waals surface area contributed by atoms with Crippen molar-refractivity contribution in [2.24, 2.45) is 0 Å². The van der Waals surface area contributed by atoms with Crippen molar-refractivity contribution < 1.29 is 19.1 Å². The van der Waals surface area contributed by atoms with Gasteiger partial charge in [-0.05, 0) is 19.9 Å². The molecule has 0 saturated heterocycles. The Morgan fingerprint density at radius 2 is 2.04 bits per heavy atom. The van der Waals surface area contributed by atoms with Crippen LogP contribution in [0.3, 0.4) is 0 Å². The molecule has 2 heterocycles. The van der Waals surface area contributed by atoms with E-state index in [4.69, 9.17) is 9.47 Å². The maximum atomic E-state index is 12.2. The van der Waals surface area contributed by atoms with Gasteiger partial charge < -0.3 is 20.1 Å². The summed E-state index contributed by atoms with van der Waals surface area (Å²) in [6.45, 7) is 4.27. The molecular formula is C15H16N4O4S2. The number of nitrogens with zero attached hydrogens (tertiary/aromatic N) is 2. The van der Waals surface area contributed by atoms with Crippen molar-refractivity contribution in [3.63, 3.8) is 0 Å². The standard InChI is InChI=1S/C15H16N4O4S2/c1-3-16-14-18-19-15(25-14)24-6-13(21)17-10-5-12-11(22-7-23-12)4-9(10)8(2)20/h4-5H,3,6-7H2,1-2H3,(H,16,18)(H,17,21). The highest BCUT2D eigenvalue weighted by atomic mass is 32.2. The van der Waals surface area contributed by atoms with E-state index in [9.17, 15) is 9.59 Å². The minimum atomic E-state index is -0.244. The molecule has 0 spiro atoms. The molecule has 0 radical (unpaired) electrons. The van der Waals surface area contributed by atoms with Gasteiger partial charge in [0.15, 0.2) is 21.6 Å². The summed E-state index contributed by atoms with van der Waals surface area (Å²) in [5.74, 6) is 0.758. The van der Waals surface area contributed by atoms with Gasteiger partial charge in [0.2, 0.25) is 17.8 Å². The van der Waals surface area contributed by atoms with Crippen LogP contribution in [0.5, 0.6) is 11.5 Å². The van der Waals surface area contributed by atoms with Gasteiger partial charge in [0, 0.05) is 18.2 Å². The first kappa shape index (κ1) is 17.5. The number of thioether (sulfide) groups is 1. The fourth-order valence-electron chi connectivity index (χ4n) is 2.14. The summed E-state index contributed by atoms with van der Waals surface area (Å²) >= 11 is 2.68. The first-order valence-electron chi connectivity index (χ1n) is 7.51. The van der Waals surface area contributed by atoms with Gasteiger partial charge in [0.05, 0.1) is 11.4 Å². The molecule has 2 aromatic rings. The van der Waals surface area contributed by atoms with Crippen LogP contribution in [0.4, 0.5) is 10.8 Å². The quantitative estimate of drug-likeness (QED) is 0.558. The van der Waals surface area contributed by atoms with Crippen LogP contribution in [0, 0.1) is 0 Å². The Morgan fingerprint density at radius 3 is 2.76 bits per heavy atom. The highest BCUT2D eigenvalue weighted by Gasteiger charge is 2.20. The van der Waals surface area contributed by atoms with Gasteiger partial charge in [-0.25, -0.2) is 0 Å². The third-order valence-electron chi connectivity index (χ3n) is 3.23. The lowest BCUT2D eigenvalue weighted by Gasteiger charge is -2.10. The van der Waals surface area contributed by atoms with E-state index in [1.54, 1.807) is 12.1 Å². The van der Waals surface area contributed by atoms with Crippen LogP contribution in [0.1, 0.15) is 24.2 Å². The summed E-state index contributed by atoms with van der Waals surface area (Å²) in [5.41, 5.74) is 0.792. The average molecular weight is 380 g/mol. The zero-order valence-electron chi connectivity index (χ0n) is 13.6. The smallest absolute Gasteiger partial charge is 0.234 e. The average Bonchev–Trinajstić information content (AvgIpc) is 3.21. The second-order valence-electron chi connectivity index (χ2n) is 5.05. The number of carbonyl (C=O) groups excluding carboxylic acids is 2. The third kappa shape index (κ3) is 4.20. The van der Waals surface area contributed by atoms with Crippen LogP contribution < -0.4 is 20.1 Å². The minimum Gasteiger partial charge on any atom is -0.454 e. The molecule has 1 aliphatic heterocycles. The molecule has 8 nitrogen and oxygen atoms in total. The van der Waals surface area contributed by atoms with Crippen molar-refractivity contribution in [2.75, 3.05) is 29.7 Å². The SMILES string of the molecule is CCNc1nnc(SCC(=O)Nc2cc3c(cc2C(C)=O)OCO3)s1. The van der Waals surface area contributed by atoms with Crippen LogP contribution in [0.25, 0.3) is 0 Å². The van der Waals surface area contributed by atoms with E-state index in [-0.39, 0.29) is 24.2 Å². The Hall–Kier alpha value is -2.33. The zero-order chi connectivity index (χ0) is 17.8. The van der Waals surface area contributed by atoms with Crippen LogP contribution in [0.2, 0.25) is 0 Å². The molecule has 25 heavy (non-hydrogen) atoms. The number of hydrogen-bond acceptors (Lipinski definition) is 9. The maximum Gasteiger partial charge on any atom is 0.234 e. The highest BCUT2D eigenvalue weighted by molar-refractivity contribution is 8.01. The van der Waals surface area contributed by atoms with Gasteiger partial charge >= 0.3 is 0 Å². The molecule has 3 rings (SSSR count). The summed E-state index contributed by atoms with van der Waals surface area (Å²) in [4.78, 5) is 24.0. The molecule has 0 bridgehead atoms. The number of benzene rings is 1. The highest BCUT2D eigenvalue weighted by Crippen LogP contribution is 2.37. The summed E-state index contributed by atoms with van der Waals surface area (Å²) in [7, 11) is 0. The topological polar surface area (TPSA) is 102 Å². The van der Waals surface area contributed by atoms with Gasteiger partial charge in [-0.15, -0.1) is 10.2 Å². The number of amides is 1. The monoisotopic (exact) mass is 380 g/mol. The van der Waals surface area contributed by atoms with Gasteiger partial charge in [-0.2, -0.15) is 0 Å².